The minimum Gasteiger partial charge on any atom is -0.299 e. The third kappa shape index (κ3) is 4.01. The van der Waals surface area contributed by atoms with Gasteiger partial charge in [0, 0.05) is 6.54 Å². The van der Waals surface area contributed by atoms with Crippen molar-refractivity contribution in [3.05, 3.63) is 47.5 Å². The molecule has 0 aliphatic carbocycles. The van der Waals surface area contributed by atoms with Crippen molar-refractivity contribution in [2.45, 2.75) is 33.2 Å². The highest BCUT2D eigenvalue weighted by molar-refractivity contribution is 5.14. The zero-order valence-corrected chi connectivity index (χ0v) is 11.0. The molecule has 1 aromatic carbocycles. The van der Waals surface area contributed by atoms with Crippen LogP contribution >= 0.6 is 0 Å². The molecule has 17 heavy (non-hydrogen) atoms. The summed E-state index contributed by atoms with van der Waals surface area (Å²) in [4.78, 5) is 2.57. The summed E-state index contributed by atoms with van der Waals surface area (Å²) in [5.74, 6) is 0.812. The molecule has 1 aliphatic heterocycles. The number of nitrogens with zero attached hydrogens (tertiary/aromatic N) is 1. The Labute approximate surface area is 105 Å². The number of allylic oxidation sites excluding steroid dienone is 2. The smallest absolute Gasteiger partial charge is 0.0233 e. The van der Waals surface area contributed by atoms with Gasteiger partial charge in [-0.15, -0.1) is 0 Å². The topological polar surface area (TPSA) is 3.24 Å². The van der Waals surface area contributed by atoms with Crippen LogP contribution in [-0.2, 0) is 6.54 Å². The van der Waals surface area contributed by atoms with Crippen LogP contribution in [0.3, 0.4) is 0 Å². The first-order valence-corrected chi connectivity index (χ1v) is 6.65. The number of hydrogen-bond acceptors (Lipinski definition) is 1. The van der Waals surface area contributed by atoms with Gasteiger partial charge in [0.2, 0.25) is 0 Å². The second-order valence-electron chi connectivity index (χ2n) is 5.34. The molecule has 0 atom stereocenters. The summed E-state index contributed by atoms with van der Waals surface area (Å²) in [7, 11) is 0. The molecule has 1 aromatic rings. The maximum Gasteiger partial charge on any atom is 0.0233 e. The summed E-state index contributed by atoms with van der Waals surface area (Å²) >= 11 is 0. The van der Waals surface area contributed by atoms with Crippen LogP contribution in [0.2, 0.25) is 0 Å². The van der Waals surface area contributed by atoms with Crippen LogP contribution in [0.4, 0.5) is 0 Å². The first kappa shape index (κ1) is 12.4. The summed E-state index contributed by atoms with van der Waals surface area (Å²) < 4.78 is 0. The molecule has 1 aliphatic rings. The van der Waals surface area contributed by atoms with E-state index in [1.807, 2.05) is 0 Å². The Bertz CT molecular complexity index is 354. The minimum absolute atomic E-state index is 0.812. The van der Waals surface area contributed by atoms with Crippen LogP contribution in [0.15, 0.2) is 42.0 Å². The van der Waals surface area contributed by atoms with E-state index in [0.29, 0.717) is 0 Å². The zero-order valence-electron chi connectivity index (χ0n) is 11.0. The lowest BCUT2D eigenvalue weighted by Crippen LogP contribution is -2.32. The van der Waals surface area contributed by atoms with Gasteiger partial charge < -0.3 is 0 Å². The number of benzene rings is 1. The van der Waals surface area contributed by atoms with Crippen LogP contribution in [0.5, 0.6) is 0 Å². The Balaban J connectivity index is 1.82. The quantitative estimate of drug-likeness (QED) is 0.711. The number of hydrogen-bond donors (Lipinski definition) is 0. The van der Waals surface area contributed by atoms with E-state index in [1.54, 1.807) is 0 Å². The third-order valence-electron chi connectivity index (χ3n) is 3.45. The van der Waals surface area contributed by atoms with Crippen molar-refractivity contribution in [2.75, 3.05) is 13.1 Å². The molecule has 1 heterocycles. The molecule has 1 nitrogen and oxygen atoms in total. The van der Waals surface area contributed by atoms with Crippen LogP contribution < -0.4 is 0 Å². The Kier molecular flexibility index (Phi) is 4.38. The molecule has 0 amide bonds. The van der Waals surface area contributed by atoms with Crippen LogP contribution in [0.1, 0.15) is 32.3 Å². The van der Waals surface area contributed by atoms with Gasteiger partial charge in [-0.1, -0.05) is 42.0 Å². The molecule has 0 spiro atoms. The van der Waals surface area contributed by atoms with E-state index in [9.17, 15) is 0 Å². The number of likely N-dealkylation sites (tertiary alicyclic amines) is 1. The van der Waals surface area contributed by atoms with E-state index in [4.69, 9.17) is 0 Å². The van der Waals surface area contributed by atoms with E-state index in [2.05, 4.69) is 55.2 Å². The number of rotatable bonds is 3. The Hall–Kier alpha value is -1.08. The molecular formula is C16H23N. The fraction of sp³-hybridized carbons (Fsp3) is 0.500. The van der Waals surface area contributed by atoms with Crippen molar-refractivity contribution >= 4 is 0 Å². The molecule has 0 saturated carbocycles. The van der Waals surface area contributed by atoms with Gasteiger partial charge in [-0.05, 0) is 51.3 Å². The molecule has 0 aromatic heterocycles. The molecule has 0 N–H and O–H groups in total. The van der Waals surface area contributed by atoms with E-state index < -0.39 is 0 Å². The summed E-state index contributed by atoms with van der Waals surface area (Å²) in [5.41, 5.74) is 2.90. The lowest BCUT2D eigenvalue weighted by atomic mass is 9.94. The first-order valence-electron chi connectivity index (χ1n) is 6.65. The molecule has 0 unspecified atom stereocenters. The molecule has 92 valence electrons. The van der Waals surface area contributed by atoms with Gasteiger partial charge in [-0.2, -0.15) is 0 Å². The lowest BCUT2D eigenvalue weighted by Gasteiger charge is -2.30. The van der Waals surface area contributed by atoms with Crippen molar-refractivity contribution in [1.29, 1.82) is 0 Å². The first-order chi connectivity index (χ1) is 8.24. The summed E-state index contributed by atoms with van der Waals surface area (Å²) in [6.45, 7) is 8.00. The fourth-order valence-electron chi connectivity index (χ4n) is 2.59. The van der Waals surface area contributed by atoms with Gasteiger partial charge in [-0.3, -0.25) is 4.90 Å². The SMILES string of the molecule is CC(C)=CC1CCN(Cc2ccccc2)CC1. The van der Waals surface area contributed by atoms with Crippen molar-refractivity contribution in [3.63, 3.8) is 0 Å². The molecule has 1 heteroatoms. The van der Waals surface area contributed by atoms with Crippen molar-refractivity contribution in [2.24, 2.45) is 5.92 Å². The van der Waals surface area contributed by atoms with Gasteiger partial charge in [-0.25, -0.2) is 0 Å². The highest BCUT2D eigenvalue weighted by Gasteiger charge is 2.17. The molecule has 0 bridgehead atoms. The standard InChI is InChI=1S/C16H23N/c1-14(2)12-15-8-10-17(11-9-15)13-16-6-4-3-5-7-16/h3-7,12,15H,8-11,13H2,1-2H3. The fourth-order valence-corrected chi connectivity index (χ4v) is 2.59. The highest BCUT2D eigenvalue weighted by atomic mass is 15.1. The van der Waals surface area contributed by atoms with Crippen LogP contribution in [0, 0.1) is 5.92 Å². The highest BCUT2D eigenvalue weighted by Crippen LogP contribution is 2.21. The average Bonchev–Trinajstić information content (AvgIpc) is 2.32. The Morgan fingerprint density at radius 1 is 1.18 bits per heavy atom. The average molecular weight is 229 g/mol. The van der Waals surface area contributed by atoms with Crippen LogP contribution in [0.25, 0.3) is 0 Å². The van der Waals surface area contributed by atoms with Gasteiger partial charge in [0.25, 0.3) is 0 Å². The van der Waals surface area contributed by atoms with E-state index in [1.165, 1.54) is 37.1 Å². The Morgan fingerprint density at radius 2 is 1.82 bits per heavy atom. The molecular weight excluding hydrogens is 206 g/mol. The minimum atomic E-state index is 0.812. The maximum atomic E-state index is 2.57. The maximum absolute atomic E-state index is 2.57. The number of piperidine rings is 1. The zero-order chi connectivity index (χ0) is 12.1. The van der Waals surface area contributed by atoms with E-state index in [-0.39, 0.29) is 0 Å². The summed E-state index contributed by atoms with van der Waals surface area (Å²) in [6.07, 6.45) is 5.08. The predicted molar refractivity (Wildman–Crippen MR) is 73.9 cm³/mol. The summed E-state index contributed by atoms with van der Waals surface area (Å²) in [5, 5.41) is 0. The van der Waals surface area contributed by atoms with Gasteiger partial charge in [0.1, 0.15) is 0 Å². The normalized spacial score (nSPS) is 18.0. The van der Waals surface area contributed by atoms with Gasteiger partial charge in [0.15, 0.2) is 0 Å². The van der Waals surface area contributed by atoms with Gasteiger partial charge in [0.05, 0.1) is 0 Å². The third-order valence-corrected chi connectivity index (χ3v) is 3.45. The molecule has 0 radical (unpaired) electrons. The van der Waals surface area contributed by atoms with Crippen molar-refractivity contribution < 1.29 is 0 Å². The molecule has 1 fully saturated rings. The van der Waals surface area contributed by atoms with E-state index >= 15 is 0 Å². The second kappa shape index (κ2) is 6.02. The largest absolute Gasteiger partial charge is 0.299 e. The monoisotopic (exact) mass is 229 g/mol. The van der Waals surface area contributed by atoms with E-state index in [0.717, 1.165) is 12.5 Å². The molecule has 1 saturated heterocycles. The van der Waals surface area contributed by atoms with Crippen LogP contribution in [-0.4, -0.2) is 18.0 Å². The van der Waals surface area contributed by atoms with Crippen molar-refractivity contribution in [3.8, 4) is 0 Å². The Morgan fingerprint density at radius 3 is 2.41 bits per heavy atom. The lowest BCUT2D eigenvalue weighted by molar-refractivity contribution is 0.195. The predicted octanol–water partition coefficient (Wildman–Crippen LogP) is 3.86. The van der Waals surface area contributed by atoms with Crippen molar-refractivity contribution in [1.82, 2.24) is 4.90 Å². The van der Waals surface area contributed by atoms with Gasteiger partial charge >= 0.3 is 0 Å². The summed E-state index contributed by atoms with van der Waals surface area (Å²) in [6, 6.07) is 10.8. The molecule has 2 rings (SSSR count). The second-order valence-corrected chi connectivity index (χ2v) is 5.34.